The summed E-state index contributed by atoms with van der Waals surface area (Å²) in [5.74, 6) is -1.21. The number of carbonyl (C=O) groups is 2. The summed E-state index contributed by atoms with van der Waals surface area (Å²) < 4.78 is 6.32. The van der Waals surface area contributed by atoms with Crippen molar-refractivity contribution in [2.45, 2.75) is 90.6 Å². The zero-order valence-electron chi connectivity index (χ0n) is 16.3. The molecule has 7 atom stereocenters. The molecule has 3 aliphatic rings. The van der Waals surface area contributed by atoms with E-state index < -0.39 is 40.7 Å². The van der Waals surface area contributed by atoms with Crippen molar-refractivity contribution in [3.63, 3.8) is 0 Å². The minimum atomic E-state index is -1.26. The number of ketones is 2. The first-order chi connectivity index (χ1) is 11.3. The van der Waals surface area contributed by atoms with Crippen molar-refractivity contribution in [3.8, 4) is 0 Å². The highest BCUT2D eigenvalue weighted by Gasteiger charge is 2.72. The highest BCUT2D eigenvalue weighted by molar-refractivity contribution is 5.95. The van der Waals surface area contributed by atoms with E-state index in [1.54, 1.807) is 6.92 Å². The lowest BCUT2D eigenvalue weighted by Crippen LogP contribution is -2.76. The van der Waals surface area contributed by atoms with Crippen LogP contribution in [0.15, 0.2) is 0 Å². The molecule has 1 saturated heterocycles. The third-order valence-corrected chi connectivity index (χ3v) is 7.59. The van der Waals surface area contributed by atoms with Crippen molar-refractivity contribution in [2.24, 2.45) is 22.7 Å². The Bertz CT molecular complexity index is 613. The van der Waals surface area contributed by atoms with Crippen molar-refractivity contribution in [2.75, 3.05) is 0 Å². The van der Waals surface area contributed by atoms with E-state index in [1.165, 1.54) is 0 Å². The van der Waals surface area contributed by atoms with Gasteiger partial charge in [-0.1, -0.05) is 27.7 Å². The topological polar surface area (TPSA) is 83.8 Å². The lowest BCUT2D eigenvalue weighted by Gasteiger charge is -2.66. The Kier molecular flexibility index (Phi) is 4.08. The van der Waals surface area contributed by atoms with Crippen LogP contribution in [0.1, 0.15) is 67.2 Å². The predicted molar refractivity (Wildman–Crippen MR) is 92.9 cm³/mol. The van der Waals surface area contributed by atoms with Gasteiger partial charge in [-0.05, 0) is 32.1 Å². The number of aliphatic hydroxyl groups excluding tert-OH is 2. The van der Waals surface area contributed by atoms with Crippen LogP contribution in [-0.4, -0.2) is 45.2 Å². The van der Waals surface area contributed by atoms with Crippen LogP contribution >= 0.6 is 0 Å². The molecule has 0 bridgehead atoms. The number of fused-ring (bicyclic) bond motifs is 3. The molecule has 25 heavy (non-hydrogen) atoms. The summed E-state index contributed by atoms with van der Waals surface area (Å²) >= 11 is 0. The summed E-state index contributed by atoms with van der Waals surface area (Å²) in [7, 11) is 0. The fourth-order valence-corrected chi connectivity index (χ4v) is 6.30. The number of rotatable bonds is 1. The van der Waals surface area contributed by atoms with Crippen LogP contribution in [0.3, 0.4) is 0 Å². The Morgan fingerprint density at radius 1 is 1.12 bits per heavy atom. The molecule has 5 heteroatoms. The minimum absolute atomic E-state index is 0.0102. The molecule has 0 spiro atoms. The maximum atomic E-state index is 13.3. The van der Waals surface area contributed by atoms with Crippen molar-refractivity contribution in [1.29, 1.82) is 0 Å². The van der Waals surface area contributed by atoms with Crippen LogP contribution in [0.2, 0.25) is 0 Å². The van der Waals surface area contributed by atoms with E-state index in [2.05, 4.69) is 0 Å². The summed E-state index contributed by atoms with van der Waals surface area (Å²) in [4.78, 5) is 26.3. The number of carbonyl (C=O) groups excluding carboxylic acids is 2. The lowest BCUT2D eigenvalue weighted by atomic mass is 9.42. The molecular weight excluding hydrogens is 320 g/mol. The molecule has 142 valence electrons. The Balaban J connectivity index is 2.20. The molecule has 0 aromatic rings. The van der Waals surface area contributed by atoms with Crippen LogP contribution in [0, 0.1) is 22.7 Å². The van der Waals surface area contributed by atoms with E-state index in [1.807, 2.05) is 34.6 Å². The molecule has 1 aliphatic heterocycles. The summed E-state index contributed by atoms with van der Waals surface area (Å²) in [6, 6.07) is 0. The summed E-state index contributed by atoms with van der Waals surface area (Å²) in [5.41, 5.74) is -3.29. The SMILES string of the molecule is CC[C@@]1(C)CC(=O)[C@H]2[C@](C)(O1)[C@@H](O)[C@@H](O)[C@H]1C(C)(C)CCC(=O)[C@@]12C. The molecule has 2 aliphatic carbocycles. The molecule has 0 aromatic carbocycles. The Morgan fingerprint density at radius 3 is 2.28 bits per heavy atom. The van der Waals surface area contributed by atoms with Crippen molar-refractivity contribution in [3.05, 3.63) is 0 Å². The van der Waals surface area contributed by atoms with E-state index >= 15 is 0 Å². The molecule has 0 aromatic heterocycles. The smallest absolute Gasteiger partial charge is 0.142 e. The molecule has 3 rings (SSSR count). The largest absolute Gasteiger partial charge is 0.390 e. The highest BCUT2D eigenvalue weighted by Crippen LogP contribution is 2.63. The van der Waals surface area contributed by atoms with Crippen LogP contribution in [0.25, 0.3) is 0 Å². The van der Waals surface area contributed by atoms with E-state index in [0.29, 0.717) is 19.3 Å². The monoisotopic (exact) mass is 352 g/mol. The van der Waals surface area contributed by atoms with Crippen LogP contribution in [0.4, 0.5) is 0 Å². The van der Waals surface area contributed by atoms with Crippen molar-refractivity contribution < 1.29 is 24.5 Å². The Hall–Kier alpha value is -0.780. The fraction of sp³-hybridized carbons (Fsp3) is 0.900. The zero-order chi connectivity index (χ0) is 19.0. The lowest BCUT2D eigenvalue weighted by molar-refractivity contribution is -0.304. The standard InChI is InChI=1S/C20H32O5/c1-7-18(4)10-11(21)14-19(5)12(22)8-9-17(2,3)15(19)13(23)16(24)20(14,6)25-18/h13-16,23-24H,7-10H2,1-6H3/t13-,14+,15-,16-,18-,19+,20-/m0/s1. The average Bonchev–Trinajstić information content (AvgIpc) is 2.48. The first-order valence-corrected chi connectivity index (χ1v) is 9.46. The summed E-state index contributed by atoms with van der Waals surface area (Å²) in [6.45, 7) is 11.4. The van der Waals surface area contributed by atoms with Gasteiger partial charge in [0, 0.05) is 24.2 Å². The minimum Gasteiger partial charge on any atom is -0.390 e. The highest BCUT2D eigenvalue weighted by atomic mass is 16.5. The van der Waals surface area contributed by atoms with Gasteiger partial charge < -0.3 is 14.9 Å². The molecule has 5 nitrogen and oxygen atoms in total. The van der Waals surface area contributed by atoms with Gasteiger partial charge in [0.05, 0.1) is 17.6 Å². The van der Waals surface area contributed by atoms with Crippen LogP contribution in [0.5, 0.6) is 0 Å². The van der Waals surface area contributed by atoms with E-state index in [9.17, 15) is 19.8 Å². The van der Waals surface area contributed by atoms with Gasteiger partial charge >= 0.3 is 0 Å². The van der Waals surface area contributed by atoms with Gasteiger partial charge in [-0.3, -0.25) is 9.59 Å². The second kappa shape index (κ2) is 5.37. The van der Waals surface area contributed by atoms with Crippen LogP contribution in [-0.2, 0) is 14.3 Å². The third kappa shape index (κ3) is 2.31. The number of hydrogen-bond donors (Lipinski definition) is 2. The predicted octanol–water partition coefficient (Wildman–Crippen LogP) is 2.27. The van der Waals surface area contributed by atoms with Gasteiger partial charge in [-0.25, -0.2) is 0 Å². The molecule has 3 fully saturated rings. The summed E-state index contributed by atoms with van der Waals surface area (Å²) in [6.07, 6.45) is -0.380. The van der Waals surface area contributed by atoms with Gasteiger partial charge in [-0.15, -0.1) is 0 Å². The first kappa shape index (κ1) is 19.0. The number of ether oxygens (including phenoxy) is 1. The third-order valence-electron chi connectivity index (χ3n) is 7.59. The van der Waals surface area contributed by atoms with Gasteiger partial charge in [-0.2, -0.15) is 0 Å². The Morgan fingerprint density at radius 2 is 1.72 bits per heavy atom. The molecule has 1 heterocycles. The normalized spacial score (nSPS) is 52.5. The quantitative estimate of drug-likeness (QED) is 0.756. The van der Waals surface area contributed by atoms with Gasteiger partial charge in [0.15, 0.2) is 0 Å². The Labute approximate surface area is 150 Å². The molecule has 2 N–H and O–H groups in total. The second-order valence-corrected chi connectivity index (χ2v) is 9.77. The fourth-order valence-electron chi connectivity index (χ4n) is 6.30. The summed E-state index contributed by atoms with van der Waals surface area (Å²) in [5, 5.41) is 22.0. The molecule has 0 unspecified atom stereocenters. The maximum absolute atomic E-state index is 13.3. The zero-order valence-corrected chi connectivity index (χ0v) is 16.3. The average molecular weight is 352 g/mol. The van der Waals surface area contributed by atoms with E-state index in [-0.39, 0.29) is 23.4 Å². The van der Waals surface area contributed by atoms with Gasteiger partial charge in [0.1, 0.15) is 23.3 Å². The van der Waals surface area contributed by atoms with Crippen molar-refractivity contribution in [1.82, 2.24) is 0 Å². The maximum Gasteiger partial charge on any atom is 0.142 e. The van der Waals surface area contributed by atoms with Crippen molar-refractivity contribution >= 4 is 11.6 Å². The van der Waals surface area contributed by atoms with E-state index in [0.717, 1.165) is 0 Å². The molecule has 0 radical (unpaired) electrons. The number of aliphatic hydroxyl groups is 2. The van der Waals surface area contributed by atoms with E-state index in [4.69, 9.17) is 4.74 Å². The van der Waals surface area contributed by atoms with Gasteiger partial charge in [0.2, 0.25) is 0 Å². The van der Waals surface area contributed by atoms with Gasteiger partial charge in [0.25, 0.3) is 0 Å². The number of Topliss-reactive ketones (excluding diaryl/α,β-unsaturated/α-hetero) is 2. The molecular formula is C20H32O5. The number of hydrogen-bond acceptors (Lipinski definition) is 5. The van der Waals surface area contributed by atoms with Crippen LogP contribution < -0.4 is 0 Å². The second-order valence-electron chi connectivity index (χ2n) is 9.77. The molecule has 2 saturated carbocycles. The first-order valence-electron chi connectivity index (χ1n) is 9.46. The molecule has 0 amide bonds.